The van der Waals surface area contributed by atoms with Crippen LogP contribution in [0.25, 0.3) is 11.1 Å². The summed E-state index contributed by atoms with van der Waals surface area (Å²) in [5, 5.41) is 2.77. The van der Waals surface area contributed by atoms with Gasteiger partial charge in [-0.2, -0.15) is 0 Å². The lowest BCUT2D eigenvalue weighted by molar-refractivity contribution is 0.0513. The zero-order chi connectivity index (χ0) is 19.0. The highest BCUT2D eigenvalue weighted by Gasteiger charge is 2.15. The topological polar surface area (TPSA) is 69.7 Å². The van der Waals surface area contributed by atoms with Crippen molar-refractivity contribution in [1.29, 1.82) is 0 Å². The molecule has 0 spiro atoms. The second kappa shape index (κ2) is 9.20. The molecule has 2 aromatic rings. The number of alkyl carbamates (subject to hydrolysis) is 1. The third kappa shape index (κ3) is 6.37. The van der Waals surface area contributed by atoms with E-state index in [1.807, 2.05) is 51.1 Å². The van der Waals surface area contributed by atoms with Crippen LogP contribution in [0.4, 0.5) is 4.79 Å². The van der Waals surface area contributed by atoms with Gasteiger partial charge in [0.1, 0.15) is 11.4 Å². The first kappa shape index (κ1) is 19.7. The molecule has 6 nitrogen and oxygen atoms in total. The summed E-state index contributed by atoms with van der Waals surface area (Å²) in [7, 11) is 1.58. The fourth-order valence-electron chi connectivity index (χ4n) is 2.35. The van der Waals surface area contributed by atoms with Gasteiger partial charge >= 0.3 is 6.09 Å². The van der Waals surface area contributed by atoms with Crippen molar-refractivity contribution in [3.63, 3.8) is 0 Å². The van der Waals surface area contributed by atoms with Crippen LogP contribution in [0.5, 0.6) is 5.75 Å². The Morgan fingerprint density at radius 2 is 2.04 bits per heavy atom. The third-order valence-corrected chi connectivity index (χ3v) is 3.43. The summed E-state index contributed by atoms with van der Waals surface area (Å²) < 4.78 is 15.9. The van der Waals surface area contributed by atoms with Crippen LogP contribution in [0.15, 0.2) is 42.7 Å². The van der Waals surface area contributed by atoms with Crippen LogP contribution in [-0.2, 0) is 15.9 Å². The number of carbonyl (C=O) groups is 1. The normalized spacial score (nSPS) is 11.1. The van der Waals surface area contributed by atoms with Gasteiger partial charge in [0.05, 0.1) is 0 Å². The number of nitrogens with zero attached hydrogens (tertiary/aromatic N) is 1. The quantitative estimate of drug-likeness (QED) is 0.763. The Morgan fingerprint density at radius 1 is 1.23 bits per heavy atom. The molecule has 1 aromatic carbocycles. The summed E-state index contributed by atoms with van der Waals surface area (Å²) >= 11 is 0. The average Bonchev–Trinajstić information content (AvgIpc) is 2.59. The van der Waals surface area contributed by atoms with Crippen LogP contribution >= 0.6 is 0 Å². The number of amides is 1. The molecule has 0 radical (unpaired) electrons. The average molecular weight is 358 g/mol. The number of hydrogen-bond donors (Lipinski definition) is 1. The van der Waals surface area contributed by atoms with Crippen molar-refractivity contribution in [2.75, 3.05) is 20.4 Å². The van der Waals surface area contributed by atoms with E-state index in [1.165, 1.54) is 0 Å². The maximum Gasteiger partial charge on any atom is 0.407 e. The van der Waals surface area contributed by atoms with E-state index >= 15 is 0 Å². The van der Waals surface area contributed by atoms with Gasteiger partial charge in [-0.05, 0) is 51.0 Å². The Bertz CT molecular complexity index is 711. The largest absolute Gasteiger partial charge is 0.467 e. The van der Waals surface area contributed by atoms with Crippen LogP contribution < -0.4 is 10.1 Å². The van der Waals surface area contributed by atoms with E-state index in [2.05, 4.69) is 10.3 Å². The molecule has 0 aliphatic rings. The first-order valence-corrected chi connectivity index (χ1v) is 8.51. The summed E-state index contributed by atoms with van der Waals surface area (Å²) in [6.07, 6.45) is 3.78. The van der Waals surface area contributed by atoms with Crippen LogP contribution in [-0.4, -0.2) is 37.1 Å². The fraction of sp³-hybridized carbons (Fsp3) is 0.400. The maximum atomic E-state index is 11.7. The van der Waals surface area contributed by atoms with Crippen LogP contribution in [0.3, 0.4) is 0 Å². The smallest absolute Gasteiger partial charge is 0.407 e. The van der Waals surface area contributed by atoms with E-state index in [9.17, 15) is 4.79 Å². The number of hydrogen-bond acceptors (Lipinski definition) is 5. The lowest BCUT2D eigenvalue weighted by Crippen LogP contribution is -2.33. The molecule has 1 amide bonds. The zero-order valence-electron chi connectivity index (χ0n) is 15.7. The Hall–Kier alpha value is -2.60. The highest BCUT2D eigenvalue weighted by atomic mass is 16.7. The summed E-state index contributed by atoms with van der Waals surface area (Å²) in [4.78, 5) is 15.9. The van der Waals surface area contributed by atoms with Gasteiger partial charge < -0.3 is 19.5 Å². The van der Waals surface area contributed by atoms with Crippen molar-refractivity contribution in [2.45, 2.75) is 32.8 Å². The fourth-order valence-corrected chi connectivity index (χ4v) is 2.35. The Kier molecular flexibility index (Phi) is 6.97. The molecule has 6 heteroatoms. The predicted octanol–water partition coefficient (Wildman–Crippen LogP) is 3.80. The number of pyridine rings is 1. The van der Waals surface area contributed by atoms with Gasteiger partial charge in [-0.3, -0.25) is 4.98 Å². The van der Waals surface area contributed by atoms with E-state index in [0.717, 1.165) is 22.4 Å². The minimum atomic E-state index is -0.502. The third-order valence-electron chi connectivity index (χ3n) is 3.43. The van der Waals surface area contributed by atoms with Crippen LogP contribution in [0.1, 0.15) is 26.3 Å². The Labute approximate surface area is 154 Å². The minimum absolute atomic E-state index is 0.173. The molecule has 0 saturated heterocycles. The molecule has 1 heterocycles. The van der Waals surface area contributed by atoms with E-state index in [0.29, 0.717) is 13.0 Å². The van der Waals surface area contributed by atoms with Crippen molar-refractivity contribution >= 4 is 6.09 Å². The number of ether oxygens (including phenoxy) is 3. The van der Waals surface area contributed by atoms with E-state index in [1.54, 1.807) is 19.5 Å². The maximum absolute atomic E-state index is 11.7. The molecule has 0 saturated carbocycles. The van der Waals surface area contributed by atoms with Gasteiger partial charge in [0.15, 0.2) is 6.79 Å². The van der Waals surface area contributed by atoms with E-state index in [4.69, 9.17) is 14.2 Å². The number of nitrogens with one attached hydrogen (secondary N) is 1. The minimum Gasteiger partial charge on any atom is -0.467 e. The molecule has 0 fully saturated rings. The van der Waals surface area contributed by atoms with Gasteiger partial charge in [-0.1, -0.05) is 12.1 Å². The SMILES string of the molecule is COCOc1ccc(CCNC(=O)OC(C)(C)C)cc1-c1cccnc1. The van der Waals surface area contributed by atoms with Crippen molar-refractivity contribution in [3.05, 3.63) is 48.3 Å². The van der Waals surface area contributed by atoms with Gasteiger partial charge in [0.25, 0.3) is 0 Å². The standard InChI is InChI=1S/C20H26N2O4/c1-20(2,3)26-19(23)22-11-9-15-7-8-18(25-14-24-4)17(12-15)16-6-5-10-21-13-16/h5-8,10,12-13H,9,11,14H2,1-4H3,(H,22,23). The molecule has 0 aliphatic carbocycles. The Morgan fingerprint density at radius 3 is 2.69 bits per heavy atom. The van der Waals surface area contributed by atoms with Crippen molar-refractivity contribution in [1.82, 2.24) is 10.3 Å². The lowest BCUT2D eigenvalue weighted by atomic mass is 10.0. The molecule has 26 heavy (non-hydrogen) atoms. The van der Waals surface area contributed by atoms with Crippen LogP contribution in [0, 0.1) is 0 Å². The first-order valence-electron chi connectivity index (χ1n) is 8.51. The zero-order valence-corrected chi connectivity index (χ0v) is 15.7. The molecule has 1 aromatic heterocycles. The molecule has 0 bridgehead atoms. The van der Waals surface area contributed by atoms with E-state index < -0.39 is 11.7 Å². The summed E-state index contributed by atoms with van der Waals surface area (Å²) in [5.74, 6) is 0.726. The van der Waals surface area contributed by atoms with Crippen molar-refractivity contribution in [2.24, 2.45) is 0 Å². The highest BCUT2D eigenvalue weighted by molar-refractivity contribution is 5.70. The number of aromatic nitrogens is 1. The van der Waals surface area contributed by atoms with Gasteiger partial charge in [-0.15, -0.1) is 0 Å². The van der Waals surface area contributed by atoms with E-state index in [-0.39, 0.29) is 6.79 Å². The molecular weight excluding hydrogens is 332 g/mol. The lowest BCUT2D eigenvalue weighted by Gasteiger charge is -2.19. The van der Waals surface area contributed by atoms with Gasteiger partial charge in [0.2, 0.25) is 0 Å². The van der Waals surface area contributed by atoms with Crippen LogP contribution in [0.2, 0.25) is 0 Å². The summed E-state index contributed by atoms with van der Waals surface area (Å²) in [6, 6.07) is 9.78. The summed E-state index contributed by atoms with van der Waals surface area (Å²) in [5.41, 5.74) is 2.47. The summed E-state index contributed by atoms with van der Waals surface area (Å²) in [6.45, 7) is 6.18. The number of methoxy groups -OCH3 is 1. The molecule has 2 rings (SSSR count). The predicted molar refractivity (Wildman–Crippen MR) is 100 cm³/mol. The Balaban J connectivity index is 2.07. The second-order valence-electron chi connectivity index (χ2n) is 6.80. The second-order valence-corrected chi connectivity index (χ2v) is 6.80. The van der Waals surface area contributed by atoms with Gasteiger partial charge in [0, 0.05) is 37.2 Å². The molecule has 140 valence electrons. The van der Waals surface area contributed by atoms with Crippen molar-refractivity contribution in [3.8, 4) is 16.9 Å². The number of benzene rings is 1. The molecule has 1 N–H and O–H groups in total. The number of rotatable bonds is 7. The first-order chi connectivity index (χ1) is 12.4. The number of carbonyl (C=O) groups excluding carboxylic acids is 1. The van der Waals surface area contributed by atoms with Gasteiger partial charge in [-0.25, -0.2) is 4.79 Å². The molecule has 0 aliphatic heterocycles. The molecular formula is C20H26N2O4. The van der Waals surface area contributed by atoms with Crippen molar-refractivity contribution < 1.29 is 19.0 Å². The molecule has 0 unspecified atom stereocenters. The molecule has 0 atom stereocenters. The monoisotopic (exact) mass is 358 g/mol. The highest BCUT2D eigenvalue weighted by Crippen LogP contribution is 2.30.